The van der Waals surface area contributed by atoms with Gasteiger partial charge in [0.1, 0.15) is 5.82 Å². The summed E-state index contributed by atoms with van der Waals surface area (Å²) in [6.45, 7) is 3.60. The topological polar surface area (TPSA) is 15.3 Å². The second-order valence-electron chi connectivity index (χ2n) is 5.66. The predicted molar refractivity (Wildman–Crippen MR) is 85.7 cm³/mol. The molecule has 1 aliphatic rings. The molecule has 0 radical (unpaired) electrons. The van der Waals surface area contributed by atoms with Crippen molar-refractivity contribution in [3.8, 4) is 0 Å². The second kappa shape index (κ2) is 5.86. The number of fused-ring (bicyclic) bond motifs is 1. The molecule has 1 heterocycles. The zero-order chi connectivity index (χ0) is 14.8. The lowest BCUT2D eigenvalue weighted by Crippen LogP contribution is -2.26. The molecule has 0 saturated carbocycles. The molecule has 21 heavy (non-hydrogen) atoms. The van der Waals surface area contributed by atoms with Gasteiger partial charge in [-0.1, -0.05) is 23.8 Å². The van der Waals surface area contributed by atoms with E-state index >= 15 is 0 Å². The molecule has 0 aliphatic carbocycles. The van der Waals surface area contributed by atoms with Crippen molar-refractivity contribution < 1.29 is 4.39 Å². The number of benzene rings is 2. The first-order valence-corrected chi connectivity index (χ1v) is 7.50. The minimum atomic E-state index is -0.138. The number of nitrogens with one attached hydrogen (secondary N) is 1. The fourth-order valence-corrected chi connectivity index (χ4v) is 3.13. The normalized spacial score (nSPS) is 14.1. The molecule has 110 valence electrons. The highest BCUT2D eigenvalue weighted by Gasteiger charge is 2.21. The summed E-state index contributed by atoms with van der Waals surface area (Å²) >= 11 is 0. The molecule has 0 unspecified atom stereocenters. The summed E-state index contributed by atoms with van der Waals surface area (Å²) in [6.07, 6.45) is 2.20. The Labute approximate surface area is 125 Å². The van der Waals surface area contributed by atoms with Crippen LogP contribution >= 0.6 is 0 Å². The van der Waals surface area contributed by atoms with Gasteiger partial charge in [0.05, 0.1) is 0 Å². The summed E-state index contributed by atoms with van der Waals surface area (Å²) in [7, 11) is 1.85. The number of hydrogen-bond acceptors (Lipinski definition) is 2. The molecule has 2 aromatic rings. The third-order valence-corrected chi connectivity index (χ3v) is 4.09. The van der Waals surface area contributed by atoms with Crippen LogP contribution in [-0.4, -0.2) is 13.6 Å². The number of aryl methyl sites for hydroxylation is 2. The number of anilines is 2. The van der Waals surface area contributed by atoms with Gasteiger partial charge in [-0.25, -0.2) is 4.39 Å². The molecule has 0 saturated heterocycles. The predicted octanol–water partition coefficient (Wildman–Crippen LogP) is 3.94. The van der Waals surface area contributed by atoms with Gasteiger partial charge in [-0.15, -0.1) is 0 Å². The number of hydrogen-bond donors (Lipinski definition) is 1. The van der Waals surface area contributed by atoms with Crippen molar-refractivity contribution in [1.82, 2.24) is 5.32 Å². The van der Waals surface area contributed by atoms with E-state index in [0.717, 1.165) is 30.6 Å². The van der Waals surface area contributed by atoms with E-state index in [-0.39, 0.29) is 5.82 Å². The molecule has 1 aliphatic heterocycles. The van der Waals surface area contributed by atoms with Crippen molar-refractivity contribution in [3.05, 3.63) is 58.9 Å². The third kappa shape index (κ3) is 2.66. The summed E-state index contributed by atoms with van der Waals surface area (Å²) < 4.78 is 14.2. The van der Waals surface area contributed by atoms with Gasteiger partial charge in [0.15, 0.2) is 0 Å². The Balaban J connectivity index is 2.09. The molecule has 3 rings (SSSR count). The Hall–Kier alpha value is -1.87. The van der Waals surface area contributed by atoms with Crippen molar-refractivity contribution in [2.45, 2.75) is 26.3 Å². The van der Waals surface area contributed by atoms with Gasteiger partial charge in [0.2, 0.25) is 0 Å². The molecule has 0 amide bonds. The van der Waals surface area contributed by atoms with Crippen LogP contribution < -0.4 is 10.2 Å². The van der Waals surface area contributed by atoms with Crippen LogP contribution in [0.15, 0.2) is 36.4 Å². The standard InChI is InChI=1S/C18H21FN2/c1-13-8-9-17-14(11-13)5-4-10-21(17)18-7-3-6-16(19)15(18)12-20-2/h3,6-9,11,20H,4-5,10,12H2,1-2H3. The first kappa shape index (κ1) is 14.1. The van der Waals surface area contributed by atoms with Crippen LogP contribution in [0.25, 0.3) is 0 Å². The molecule has 0 atom stereocenters. The summed E-state index contributed by atoms with van der Waals surface area (Å²) in [5.41, 5.74) is 5.59. The molecule has 0 aromatic heterocycles. The average Bonchev–Trinajstić information content (AvgIpc) is 2.48. The van der Waals surface area contributed by atoms with E-state index in [9.17, 15) is 4.39 Å². The van der Waals surface area contributed by atoms with Gasteiger partial charge in [0, 0.05) is 30.0 Å². The molecular formula is C18H21FN2. The average molecular weight is 284 g/mol. The number of rotatable bonds is 3. The summed E-state index contributed by atoms with van der Waals surface area (Å²) in [5.74, 6) is -0.138. The van der Waals surface area contributed by atoms with Gasteiger partial charge in [-0.2, -0.15) is 0 Å². The lowest BCUT2D eigenvalue weighted by Gasteiger charge is -2.33. The Bertz CT molecular complexity index is 652. The fraction of sp³-hybridized carbons (Fsp3) is 0.333. The minimum Gasteiger partial charge on any atom is -0.341 e. The van der Waals surface area contributed by atoms with E-state index < -0.39 is 0 Å². The molecule has 1 N–H and O–H groups in total. The molecular weight excluding hydrogens is 263 g/mol. The summed E-state index contributed by atoms with van der Waals surface area (Å²) in [4.78, 5) is 2.26. The molecule has 2 aromatic carbocycles. The Morgan fingerprint density at radius 1 is 1.19 bits per heavy atom. The highest BCUT2D eigenvalue weighted by atomic mass is 19.1. The monoisotopic (exact) mass is 284 g/mol. The second-order valence-corrected chi connectivity index (χ2v) is 5.66. The fourth-order valence-electron chi connectivity index (χ4n) is 3.13. The van der Waals surface area contributed by atoms with Crippen molar-refractivity contribution >= 4 is 11.4 Å². The van der Waals surface area contributed by atoms with Crippen molar-refractivity contribution in [2.75, 3.05) is 18.5 Å². The van der Waals surface area contributed by atoms with Crippen molar-refractivity contribution in [1.29, 1.82) is 0 Å². The van der Waals surface area contributed by atoms with E-state index in [4.69, 9.17) is 0 Å². The van der Waals surface area contributed by atoms with Crippen LogP contribution in [0.4, 0.5) is 15.8 Å². The summed E-state index contributed by atoms with van der Waals surface area (Å²) in [5, 5.41) is 3.07. The van der Waals surface area contributed by atoms with Crippen molar-refractivity contribution in [3.63, 3.8) is 0 Å². The molecule has 0 spiro atoms. The van der Waals surface area contributed by atoms with E-state index in [1.165, 1.54) is 22.9 Å². The molecule has 0 fully saturated rings. The summed E-state index contributed by atoms with van der Waals surface area (Å²) in [6, 6.07) is 11.9. The highest BCUT2D eigenvalue weighted by Crippen LogP contribution is 2.36. The lowest BCUT2D eigenvalue weighted by molar-refractivity contribution is 0.599. The number of nitrogens with zero attached hydrogens (tertiary/aromatic N) is 1. The zero-order valence-corrected chi connectivity index (χ0v) is 12.6. The Kier molecular flexibility index (Phi) is 3.93. The minimum absolute atomic E-state index is 0.138. The van der Waals surface area contributed by atoms with E-state index in [1.54, 1.807) is 6.07 Å². The molecule has 2 nitrogen and oxygen atoms in total. The molecule has 3 heteroatoms. The van der Waals surface area contributed by atoms with Gasteiger partial charge in [-0.3, -0.25) is 0 Å². The van der Waals surface area contributed by atoms with Crippen LogP contribution in [0.1, 0.15) is 23.1 Å². The van der Waals surface area contributed by atoms with Crippen molar-refractivity contribution in [2.24, 2.45) is 0 Å². The maximum atomic E-state index is 14.2. The van der Waals surface area contributed by atoms with Crippen LogP contribution in [0.2, 0.25) is 0 Å². The van der Waals surface area contributed by atoms with Crippen LogP contribution in [0, 0.1) is 12.7 Å². The van der Waals surface area contributed by atoms with Gasteiger partial charge < -0.3 is 10.2 Å². The van der Waals surface area contributed by atoms with Gasteiger partial charge >= 0.3 is 0 Å². The van der Waals surface area contributed by atoms with Gasteiger partial charge in [-0.05, 0) is 50.6 Å². The van der Waals surface area contributed by atoms with E-state index in [2.05, 4.69) is 35.3 Å². The van der Waals surface area contributed by atoms with E-state index in [0.29, 0.717) is 6.54 Å². The highest BCUT2D eigenvalue weighted by molar-refractivity contribution is 5.70. The first-order valence-electron chi connectivity index (χ1n) is 7.50. The van der Waals surface area contributed by atoms with Crippen LogP contribution in [0.5, 0.6) is 0 Å². The largest absolute Gasteiger partial charge is 0.341 e. The van der Waals surface area contributed by atoms with Gasteiger partial charge in [0.25, 0.3) is 0 Å². The van der Waals surface area contributed by atoms with E-state index in [1.807, 2.05) is 13.1 Å². The third-order valence-electron chi connectivity index (χ3n) is 4.09. The maximum absolute atomic E-state index is 14.2. The van der Waals surface area contributed by atoms with Crippen LogP contribution in [0.3, 0.4) is 0 Å². The smallest absolute Gasteiger partial charge is 0.129 e. The quantitative estimate of drug-likeness (QED) is 0.918. The number of halogens is 1. The first-order chi connectivity index (χ1) is 10.2. The van der Waals surface area contributed by atoms with Crippen LogP contribution in [-0.2, 0) is 13.0 Å². The SMILES string of the molecule is CNCc1c(F)cccc1N1CCCc2cc(C)ccc21. The zero-order valence-electron chi connectivity index (χ0n) is 12.6. The lowest BCUT2D eigenvalue weighted by atomic mass is 9.98. The maximum Gasteiger partial charge on any atom is 0.129 e. The Morgan fingerprint density at radius 3 is 2.86 bits per heavy atom. The Morgan fingerprint density at radius 2 is 2.05 bits per heavy atom. The molecule has 0 bridgehead atoms.